The fourth-order valence-corrected chi connectivity index (χ4v) is 8.37. The monoisotopic (exact) mass is 624 g/mol. The second kappa shape index (κ2) is 13.4. The Bertz CT molecular complexity index is 1530. The molecule has 4 aliphatic rings. The summed E-state index contributed by atoms with van der Waals surface area (Å²) in [5.41, 5.74) is 8.85. The van der Waals surface area contributed by atoms with Crippen LogP contribution in [0.2, 0.25) is 0 Å². The van der Waals surface area contributed by atoms with Gasteiger partial charge in [0.1, 0.15) is 6.61 Å². The third-order valence-electron chi connectivity index (χ3n) is 11.0. The van der Waals surface area contributed by atoms with Gasteiger partial charge in [0.05, 0.1) is 23.4 Å². The topological polar surface area (TPSA) is 42.6 Å². The van der Waals surface area contributed by atoms with Gasteiger partial charge in [-0.1, -0.05) is 64.2 Å². The number of pyridine rings is 1. The first kappa shape index (κ1) is 34.5. The van der Waals surface area contributed by atoms with Gasteiger partial charge in [0, 0.05) is 18.2 Å². The molecule has 1 aromatic rings. The average molecular weight is 625 g/mol. The van der Waals surface area contributed by atoms with E-state index in [0.29, 0.717) is 6.54 Å². The van der Waals surface area contributed by atoms with E-state index in [1.165, 1.54) is 48.0 Å². The molecule has 4 heteroatoms. The van der Waals surface area contributed by atoms with Crippen LogP contribution in [-0.2, 0) is 16.0 Å². The number of aromatic nitrogens is 1. The summed E-state index contributed by atoms with van der Waals surface area (Å²) in [5.74, 6) is 0. The first-order valence-electron chi connectivity index (χ1n) is 17.5. The number of hydrogen-bond acceptors (Lipinski definition) is 3. The second-order valence-electron chi connectivity index (χ2n) is 15.9. The highest BCUT2D eigenvalue weighted by Gasteiger charge is 2.48. The number of hydrogen-bond donors (Lipinski definition) is 1. The Hall–Kier alpha value is -2.79. The molecule has 5 rings (SSSR count). The van der Waals surface area contributed by atoms with Crippen molar-refractivity contribution in [1.82, 2.24) is 0 Å². The first-order valence-corrected chi connectivity index (χ1v) is 17.5. The van der Waals surface area contributed by atoms with Crippen LogP contribution < -0.4 is 4.57 Å². The summed E-state index contributed by atoms with van der Waals surface area (Å²) in [5, 5.41) is 9.70. The standard InChI is InChI=1S/C42H58NO3/c1-30(14-10-15-31(2)35-28-37-39(4,5)19-12-21-41(37,8)45-35)26-34-27-33(18-23-43(34)24-25-44)17-11-16-32(3)36-29-38-40(6,7)20-13-22-42(38,9)46-36/h10-11,14-18,23,26-29,35-36,44H,12-13,19-22,24-25H2,1-9H3/q+1/b14-10+,17-11+,30-26+,31-15+,32-16+. The maximum atomic E-state index is 9.70. The molecule has 0 bridgehead atoms. The van der Waals surface area contributed by atoms with Crippen LogP contribution in [0.4, 0.5) is 0 Å². The van der Waals surface area contributed by atoms with E-state index in [4.69, 9.17) is 9.47 Å². The van der Waals surface area contributed by atoms with E-state index < -0.39 is 0 Å². The van der Waals surface area contributed by atoms with Gasteiger partial charge in [-0.2, -0.15) is 4.57 Å². The van der Waals surface area contributed by atoms with Crippen molar-refractivity contribution in [2.75, 3.05) is 6.61 Å². The summed E-state index contributed by atoms with van der Waals surface area (Å²) in [7, 11) is 0. The molecule has 2 saturated carbocycles. The van der Waals surface area contributed by atoms with E-state index in [1.807, 2.05) is 0 Å². The fourth-order valence-electron chi connectivity index (χ4n) is 8.37. The number of ether oxygens (including phenoxy) is 2. The van der Waals surface area contributed by atoms with Gasteiger partial charge in [-0.05, 0) is 130 Å². The van der Waals surface area contributed by atoms with Crippen LogP contribution in [0.1, 0.15) is 112 Å². The van der Waals surface area contributed by atoms with Gasteiger partial charge in [-0.3, -0.25) is 0 Å². The third kappa shape index (κ3) is 7.35. The Labute approximate surface area is 279 Å². The van der Waals surface area contributed by atoms with Gasteiger partial charge in [-0.15, -0.1) is 0 Å². The molecule has 0 aromatic carbocycles. The molecular weight excluding hydrogens is 566 g/mol. The summed E-state index contributed by atoms with van der Waals surface area (Å²) in [6.45, 7) is 21.1. The number of aliphatic hydroxyl groups is 1. The van der Waals surface area contributed by atoms with Crippen molar-refractivity contribution < 1.29 is 19.1 Å². The van der Waals surface area contributed by atoms with Gasteiger partial charge in [-0.25, -0.2) is 0 Å². The molecule has 4 atom stereocenters. The van der Waals surface area contributed by atoms with E-state index in [0.717, 1.165) is 29.7 Å². The van der Waals surface area contributed by atoms with E-state index in [9.17, 15) is 5.11 Å². The quantitative estimate of drug-likeness (QED) is 0.169. The van der Waals surface area contributed by atoms with E-state index in [2.05, 4.69) is 140 Å². The van der Waals surface area contributed by atoms with Crippen LogP contribution >= 0.6 is 0 Å². The number of aliphatic hydroxyl groups excluding tert-OH is 1. The number of fused-ring (bicyclic) bond motifs is 2. The Morgan fingerprint density at radius 2 is 1.37 bits per heavy atom. The van der Waals surface area contributed by atoms with Crippen molar-refractivity contribution in [2.45, 2.75) is 131 Å². The zero-order valence-electron chi connectivity index (χ0n) is 30.0. The molecule has 1 N–H and O–H groups in total. The molecule has 2 fully saturated rings. The lowest BCUT2D eigenvalue weighted by Gasteiger charge is -2.42. The molecule has 248 valence electrons. The molecule has 0 saturated heterocycles. The summed E-state index contributed by atoms with van der Waals surface area (Å²) >= 11 is 0. The Morgan fingerprint density at radius 3 is 1.89 bits per heavy atom. The van der Waals surface area contributed by atoms with Gasteiger partial charge in [0.15, 0.2) is 12.7 Å². The molecule has 0 spiro atoms. The second-order valence-corrected chi connectivity index (χ2v) is 15.9. The average Bonchev–Trinajstić information content (AvgIpc) is 3.53. The fraction of sp³-hybridized carbons (Fsp3) is 0.548. The lowest BCUT2D eigenvalue weighted by molar-refractivity contribution is -0.699. The summed E-state index contributed by atoms with van der Waals surface area (Å²) < 4.78 is 15.3. The third-order valence-corrected chi connectivity index (χ3v) is 11.0. The van der Waals surface area contributed by atoms with Gasteiger partial charge >= 0.3 is 0 Å². The van der Waals surface area contributed by atoms with Crippen molar-refractivity contribution in [2.24, 2.45) is 10.8 Å². The van der Waals surface area contributed by atoms with Crippen molar-refractivity contribution in [3.05, 3.63) is 100.0 Å². The minimum absolute atomic E-state index is 0.0334. The summed E-state index contributed by atoms with van der Waals surface area (Å²) in [6.07, 6.45) is 29.1. The lowest BCUT2D eigenvalue weighted by Crippen LogP contribution is -2.39. The predicted octanol–water partition coefficient (Wildman–Crippen LogP) is 9.42. The van der Waals surface area contributed by atoms with Crippen molar-refractivity contribution in [3.63, 3.8) is 0 Å². The van der Waals surface area contributed by atoms with Crippen molar-refractivity contribution in [3.8, 4) is 0 Å². The Morgan fingerprint density at radius 1 is 0.826 bits per heavy atom. The van der Waals surface area contributed by atoms with Crippen LogP contribution in [-0.4, -0.2) is 35.1 Å². The number of nitrogens with zero attached hydrogens (tertiary/aromatic N) is 1. The molecule has 0 radical (unpaired) electrons. The molecule has 2 aliphatic heterocycles. The van der Waals surface area contributed by atoms with Crippen LogP contribution in [0.3, 0.4) is 0 Å². The largest absolute Gasteiger partial charge is 0.390 e. The highest BCUT2D eigenvalue weighted by molar-refractivity contribution is 5.57. The van der Waals surface area contributed by atoms with Crippen molar-refractivity contribution in [1.29, 1.82) is 0 Å². The summed E-state index contributed by atoms with van der Waals surface area (Å²) in [4.78, 5) is 0. The molecule has 1 aromatic heterocycles. The molecule has 46 heavy (non-hydrogen) atoms. The van der Waals surface area contributed by atoms with Gasteiger partial charge in [0.25, 0.3) is 0 Å². The van der Waals surface area contributed by atoms with Crippen molar-refractivity contribution >= 4 is 12.2 Å². The minimum Gasteiger partial charge on any atom is -0.390 e. The normalized spacial score (nSPS) is 31.3. The SMILES string of the molecule is CC(/C=C/C=C(\C)C1C=C2C(C)(C)CCCC2(C)O1)=C\c1cc(/C=C/C=C(\C)C2C=C3C(C)(C)CCCC3(C)O2)cc[n+]1CCO. The van der Waals surface area contributed by atoms with E-state index in [1.54, 1.807) is 0 Å². The number of allylic oxidation sites excluding steroid dienone is 6. The van der Waals surface area contributed by atoms with Gasteiger partial charge in [0.2, 0.25) is 5.69 Å². The van der Waals surface area contributed by atoms with Gasteiger partial charge < -0.3 is 14.6 Å². The predicted molar refractivity (Wildman–Crippen MR) is 191 cm³/mol. The van der Waals surface area contributed by atoms with Crippen LogP contribution in [0, 0.1) is 10.8 Å². The van der Waals surface area contributed by atoms with Crippen LogP contribution in [0.5, 0.6) is 0 Å². The highest BCUT2D eigenvalue weighted by atomic mass is 16.5. The van der Waals surface area contributed by atoms with Crippen LogP contribution in [0.25, 0.3) is 12.2 Å². The minimum atomic E-state index is -0.136. The molecular formula is C42H58NO3+. The van der Waals surface area contributed by atoms with E-state index >= 15 is 0 Å². The zero-order valence-corrected chi connectivity index (χ0v) is 30.0. The molecule has 4 nitrogen and oxygen atoms in total. The first-order chi connectivity index (χ1) is 21.7. The van der Waals surface area contributed by atoms with E-state index in [-0.39, 0.29) is 40.8 Å². The zero-order chi connectivity index (χ0) is 33.3. The maximum Gasteiger partial charge on any atom is 0.206 e. The molecule has 3 heterocycles. The highest BCUT2D eigenvalue weighted by Crippen LogP contribution is 2.53. The smallest absolute Gasteiger partial charge is 0.206 e. The molecule has 0 amide bonds. The van der Waals surface area contributed by atoms with Crippen LogP contribution in [0.15, 0.2) is 88.7 Å². The Balaban J connectivity index is 1.28. The molecule has 2 aliphatic carbocycles. The lowest BCUT2D eigenvalue weighted by atomic mass is 9.66. The Kier molecular flexibility index (Phi) is 10.0. The molecule has 4 unspecified atom stereocenters. The maximum absolute atomic E-state index is 9.70. The number of rotatable bonds is 9. The summed E-state index contributed by atoms with van der Waals surface area (Å²) in [6, 6.07) is 4.29.